The lowest BCUT2D eigenvalue weighted by molar-refractivity contribution is -0.149. The van der Waals surface area contributed by atoms with E-state index >= 15 is 0 Å². The highest BCUT2D eigenvalue weighted by atomic mass is 35.5. The SMILES string of the molecule is CCOC(=O)C1CCN(C(=O)c2cccc(OCc3cccc(Cl)c3)c2)CC1. The van der Waals surface area contributed by atoms with Gasteiger partial charge in [0.25, 0.3) is 5.91 Å². The summed E-state index contributed by atoms with van der Waals surface area (Å²) in [5.74, 6) is 0.310. The molecule has 6 heteroatoms. The van der Waals surface area contributed by atoms with Crippen molar-refractivity contribution in [1.29, 1.82) is 0 Å². The van der Waals surface area contributed by atoms with Crippen LogP contribution < -0.4 is 4.74 Å². The Hall–Kier alpha value is -2.53. The predicted octanol–water partition coefficient (Wildman–Crippen LogP) is 4.33. The average molecular weight is 402 g/mol. The zero-order chi connectivity index (χ0) is 19.9. The first kappa shape index (κ1) is 20.2. The van der Waals surface area contributed by atoms with Crippen molar-refractivity contribution in [2.45, 2.75) is 26.4 Å². The number of hydrogen-bond acceptors (Lipinski definition) is 4. The number of nitrogens with zero attached hydrogens (tertiary/aromatic N) is 1. The van der Waals surface area contributed by atoms with E-state index in [1.807, 2.05) is 36.4 Å². The third-order valence-corrected chi connectivity index (χ3v) is 5.01. The Labute approximate surface area is 170 Å². The molecule has 0 atom stereocenters. The van der Waals surface area contributed by atoms with Gasteiger partial charge in [-0.25, -0.2) is 0 Å². The first-order chi connectivity index (χ1) is 13.6. The molecule has 1 aliphatic heterocycles. The Balaban J connectivity index is 1.57. The van der Waals surface area contributed by atoms with Gasteiger partial charge in [0.05, 0.1) is 12.5 Å². The Morgan fingerprint density at radius 2 is 1.86 bits per heavy atom. The monoisotopic (exact) mass is 401 g/mol. The van der Waals surface area contributed by atoms with E-state index in [-0.39, 0.29) is 17.8 Å². The van der Waals surface area contributed by atoms with E-state index < -0.39 is 0 Å². The molecule has 5 nitrogen and oxygen atoms in total. The Kier molecular flexibility index (Phi) is 6.93. The number of likely N-dealkylation sites (tertiary alicyclic amines) is 1. The molecule has 3 rings (SSSR count). The molecule has 0 N–H and O–H groups in total. The molecule has 0 saturated carbocycles. The maximum absolute atomic E-state index is 12.8. The third kappa shape index (κ3) is 5.26. The predicted molar refractivity (Wildman–Crippen MR) is 107 cm³/mol. The fraction of sp³-hybridized carbons (Fsp3) is 0.364. The number of amides is 1. The summed E-state index contributed by atoms with van der Waals surface area (Å²) in [4.78, 5) is 26.4. The maximum atomic E-state index is 12.8. The Morgan fingerprint density at radius 1 is 1.11 bits per heavy atom. The number of rotatable bonds is 6. The van der Waals surface area contributed by atoms with E-state index in [1.54, 1.807) is 24.0 Å². The van der Waals surface area contributed by atoms with Gasteiger partial charge >= 0.3 is 5.97 Å². The second-order valence-corrected chi connectivity index (χ2v) is 7.20. The van der Waals surface area contributed by atoms with Crippen LogP contribution in [0.15, 0.2) is 48.5 Å². The molecule has 148 valence electrons. The minimum atomic E-state index is -0.161. The lowest BCUT2D eigenvalue weighted by Gasteiger charge is -2.31. The van der Waals surface area contributed by atoms with Gasteiger partial charge in [0.2, 0.25) is 0 Å². The molecule has 0 aliphatic carbocycles. The zero-order valence-electron chi connectivity index (χ0n) is 15.9. The largest absolute Gasteiger partial charge is 0.489 e. The average Bonchev–Trinajstić information content (AvgIpc) is 2.72. The third-order valence-electron chi connectivity index (χ3n) is 4.78. The minimum Gasteiger partial charge on any atom is -0.489 e. The van der Waals surface area contributed by atoms with Crippen LogP contribution in [0.3, 0.4) is 0 Å². The van der Waals surface area contributed by atoms with Gasteiger partial charge in [-0.3, -0.25) is 9.59 Å². The smallest absolute Gasteiger partial charge is 0.309 e. The van der Waals surface area contributed by atoms with Gasteiger partial charge in [0.15, 0.2) is 0 Å². The van der Waals surface area contributed by atoms with Crippen molar-refractivity contribution in [3.63, 3.8) is 0 Å². The first-order valence-electron chi connectivity index (χ1n) is 9.50. The van der Waals surface area contributed by atoms with Crippen molar-refractivity contribution in [1.82, 2.24) is 4.90 Å². The number of benzene rings is 2. The number of piperidine rings is 1. The van der Waals surface area contributed by atoms with E-state index in [0.29, 0.717) is 55.5 Å². The molecule has 0 aromatic heterocycles. The lowest BCUT2D eigenvalue weighted by Crippen LogP contribution is -2.40. The number of carbonyl (C=O) groups is 2. The molecule has 0 spiro atoms. The van der Waals surface area contributed by atoms with E-state index in [1.165, 1.54) is 0 Å². The number of halogens is 1. The molecule has 0 bridgehead atoms. The summed E-state index contributed by atoms with van der Waals surface area (Å²) in [6.45, 7) is 3.67. The number of esters is 1. The molecule has 1 amide bonds. The summed E-state index contributed by atoms with van der Waals surface area (Å²) in [6.07, 6.45) is 1.27. The summed E-state index contributed by atoms with van der Waals surface area (Å²) in [5, 5.41) is 0.663. The molecular formula is C22H24ClNO4. The quantitative estimate of drug-likeness (QED) is 0.676. The van der Waals surface area contributed by atoms with E-state index in [9.17, 15) is 9.59 Å². The normalized spacial score (nSPS) is 14.6. The van der Waals surface area contributed by atoms with Gasteiger partial charge in [0.1, 0.15) is 12.4 Å². The van der Waals surface area contributed by atoms with Gasteiger partial charge in [-0.05, 0) is 55.7 Å². The topological polar surface area (TPSA) is 55.8 Å². The van der Waals surface area contributed by atoms with Crippen molar-refractivity contribution in [2.24, 2.45) is 5.92 Å². The highest BCUT2D eigenvalue weighted by Crippen LogP contribution is 2.22. The molecule has 1 aliphatic rings. The molecule has 1 saturated heterocycles. The van der Waals surface area contributed by atoms with Gasteiger partial charge in [0, 0.05) is 23.7 Å². The molecule has 2 aromatic rings. The van der Waals surface area contributed by atoms with Crippen LogP contribution in [0.4, 0.5) is 0 Å². The van der Waals surface area contributed by atoms with Crippen LogP contribution in [0.1, 0.15) is 35.7 Å². The zero-order valence-corrected chi connectivity index (χ0v) is 16.7. The molecule has 1 fully saturated rings. The highest BCUT2D eigenvalue weighted by Gasteiger charge is 2.28. The highest BCUT2D eigenvalue weighted by molar-refractivity contribution is 6.30. The summed E-state index contributed by atoms with van der Waals surface area (Å²) in [7, 11) is 0. The minimum absolute atomic E-state index is 0.0458. The van der Waals surface area contributed by atoms with Crippen molar-refractivity contribution >= 4 is 23.5 Å². The van der Waals surface area contributed by atoms with E-state index in [0.717, 1.165) is 5.56 Å². The van der Waals surface area contributed by atoms with Crippen LogP contribution >= 0.6 is 11.6 Å². The summed E-state index contributed by atoms with van der Waals surface area (Å²) in [5.41, 5.74) is 1.54. The van der Waals surface area contributed by atoms with Crippen LogP contribution in [0.25, 0.3) is 0 Å². The summed E-state index contributed by atoms with van der Waals surface area (Å²) < 4.78 is 10.9. The van der Waals surface area contributed by atoms with Crippen molar-refractivity contribution in [3.8, 4) is 5.75 Å². The van der Waals surface area contributed by atoms with Crippen LogP contribution in [0, 0.1) is 5.92 Å². The molecule has 0 unspecified atom stereocenters. The molecular weight excluding hydrogens is 378 g/mol. The van der Waals surface area contributed by atoms with Crippen molar-refractivity contribution in [2.75, 3.05) is 19.7 Å². The maximum Gasteiger partial charge on any atom is 0.309 e. The number of ether oxygens (including phenoxy) is 2. The lowest BCUT2D eigenvalue weighted by atomic mass is 9.96. The molecule has 0 radical (unpaired) electrons. The van der Waals surface area contributed by atoms with Crippen LogP contribution in [0.5, 0.6) is 5.75 Å². The Bertz CT molecular complexity index is 831. The van der Waals surface area contributed by atoms with Crippen molar-refractivity contribution in [3.05, 3.63) is 64.7 Å². The van der Waals surface area contributed by atoms with Crippen LogP contribution in [-0.2, 0) is 16.1 Å². The molecule has 2 aromatic carbocycles. The molecule has 1 heterocycles. The standard InChI is InChI=1S/C22H24ClNO4/c1-2-27-22(26)17-9-11-24(12-10-17)21(25)18-6-4-8-20(14-18)28-15-16-5-3-7-19(23)13-16/h3-8,13-14,17H,2,9-12,15H2,1H3. The number of carbonyl (C=O) groups excluding carboxylic acids is 2. The first-order valence-corrected chi connectivity index (χ1v) is 9.88. The van der Waals surface area contributed by atoms with Crippen molar-refractivity contribution < 1.29 is 19.1 Å². The van der Waals surface area contributed by atoms with Crippen LogP contribution in [0.2, 0.25) is 5.02 Å². The van der Waals surface area contributed by atoms with Crippen LogP contribution in [-0.4, -0.2) is 36.5 Å². The van der Waals surface area contributed by atoms with E-state index in [2.05, 4.69) is 0 Å². The Morgan fingerprint density at radius 3 is 2.57 bits per heavy atom. The van der Waals surface area contributed by atoms with Gasteiger partial charge in [-0.2, -0.15) is 0 Å². The number of hydrogen-bond donors (Lipinski definition) is 0. The second kappa shape index (κ2) is 9.60. The van der Waals surface area contributed by atoms with Gasteiger partial charge in [-0.15, -0.1) is 0 Å². The van der Waals surface area contributed by atoms with E-state index in [4.69, 9.17) is 21.1 Å². The summed E-state index contributed by atoms with van der Waals surface area (Å²) in [6, 6.07) is 14.7. The fourth-order valence-electron chi connectivity index (χ4n) is 3.27. The summed E-state index contributed by atoms with van der Waals surface area (Å²) >= 11 is 5.99. The van der Waals surface area contributed by atoms with Gasteiger partial charge < -0.3 is 14.4 Å². The molecule has 28 heavy (non-hydrogen) atoms. The fourth-order valence-corrected chi connectivity index (χ4v) is 3.49. The second-order valence-electron chi connectivity index (χ2n) is 6.76. The van der Waals surface area contributed by atoms with Gasteiger partial charge in [-0.1, -0.05) is 29.8 Å².